The normalized spacial score (nSPS) is 31.6. The van der Waals surface area contributed by atoms with E-state index in [4.69, 9.17) is 21.1 Å². The number of hydrogen-bond donors (Lipinski definition) is 0. The van der Waals surface area contributed by atoms with E-state index >= 15 is 0 Å². The summed E-state index contributed by atoms with van der Waals surface area (Å²) in [5, 5.41) is 0.275. The molecule has 2 saturated carbocycles. The van der Waals surface area contributed by atoms with E-state index in [9.17, 15) is 4.39 Å². The zero-order chi connectivity index (χ0) is 18.1. The smallest absolute Gasteiger partial charge is 0.145 e. The fourth-order valence-corrected chi connectivity index (χ4v) is 5.33. The maximum Gasteiger partial charge on any atom is 0.145 e. The summed E-state index contributed by atoms with van der Waals surface area (Å²) in [5.41, 5.74) is 3.07. The summed E-state index contributed by atoms with van der Waals surface area (Å²) < 4.78 is 25.2. The summed E-state index contributed by atoms with van der Waals surface area (Å²) in [6.45, 7) is 0.659. The van der Waals surface area contributed by atoms with Crippen molar-refractivity contribution >= 4 is 11.6 Å². The van der Waals surface area contributed by atoms with Crippen LogP contribution in [0.1, 0.15) is 74.5 Å². The second-order valence-corrected chi connectivity index (χ2v) is 8.53. The minimum absolute atomic E-state index is 0.00476. The third-order valence-electron chi connectivity index (χ3n) is 6.66. The number of epoxide rings is 1. The Bertz CT molecular complexity index is 665. The van der Waals surface area contributed by atoms with E-state index in [0.29, 0.717) is 12.5 Å². The van der Waals surface area contributed by atoms with Crippen molar-refractivity contribution < 1.29 is 13.9 Å². The van der Waals surface area contributed by atoms with Crippen molar-refractivity contribution in [1.82, 2.24) is 0 Å². The molecule has 2 aliphatic carbocycles. The van der Waals surface area contributed by atoms with Gasteiger partial charge in [-0.05, 0) is 80.3 Å². The Labute approximate surface area is 160 Å². The van der Waals surface area contributed by atoms with Crippen LogP contribution >= 0.6 is 11.6 Å². The number of benzene rings is 1. The predicted octanol–water partition coefficient (Wildman–Crippen LogP) is 6.54. The van der Waals surface area contributed by atoms with Crippen LogP contribution in [0.2, 0.25) is 5.02 Å². The van der Waals surface area contributed by atoms with Crippen LogP contribution < -0.4 is 0 Å². The van der Waals surface area contributed by atoms with Gasteiger partial charge >= 0.3 is 0 Å². The molecule has 0 bridgehead atoms. The van der Waals surface area contributed by atoms with E-state index in [1.54, 1.807) is 7.11 Å². The van der Waals surface area contributed by atoms with Crippen molar-refractivity contribution in [2.75, 3.05) is 13.7 Å². The van der Waals surface area contributed by atoms with Gasteiger partial charge in [-0.25, -0.2) is 4.39 Å². The Morgan fingerprint density at radius 2 is 1.65 bits per heavy atom. The summed E-state index contributed by atoms with van der Waals surface area (Å²) in [7, 11) is 1.73. The van der Waals surface area contributed by atoms with Crippen molar-refractivity contribution in [2.24, 2.45) is 11.8 Å². The topological polar surface area (TPSA) is 21.8 Å². The number of rotatable bonds is 4. The summed E-state index contributed by atoms with van der Waals surface area (Å²) in [5.74, 6) is 1.72. The van der Waals surface area contributed by atoms with Crippen molar-refractivity contribution in [1.29, 1.82) is 0 Å². The van der Waals surface area contributed by atoms with Gasteiger partial charge in [0.15, 0.2) is 0 Å². The molecule has 0 aromatic heterocycles. The third-order valence-corrected chi connectivity index (χ3v) is 7.04. The third kappa shape index (κ3) is 3.80. The highest BCUT2D eigenvalue weighted by atomic mass is 35.5. The largest absolute Gasteiger partial charge is 0.504 e. The maximum absolute atomic E-state index is 14.8. The van der Waals surface area contributed by atoms with Crippen LogP contribution in [0.4, 0.5) is 4.39 Å². The fourth-order valence-electron chi connectivity index (χ4n) is 5.04. The molecule has 4 heteroatoms. The van der Waals surface area contributed by atoms with Gasteiger partial charge in [0, 0.05) is 5.56 Å². The van der Waals surface area contributed by atoms with E-state index < -0.39 is 0 Å². The average molecular weight is 379 g/mol. The van der Waals surface area contributed by atoms with Gasteiger partial charge < -0.3 is 9.47 Å². The quantitative estimate of drug-likeness (QED) is 0.438. The molecular weight excluding hydrogens is 351 g/mol. The molecule has 3 fully saturated rings. The fraction of sp³-hybridized carbons (Fsp3) is 0.636. The number of hydrogen-bond acceptors (Lipinski definition) is 2. The molecule has 1 aromatic carbocycles. The number of allylic oxidation sites excluding steroid dienone is 1. The lowest BCUT2D eigenvalue weighted by atomic mass is 9.69. The SMILES string of the molecule is COC=C1CCC(C2CCC(c3ccc(C4CO4)c(Cl)c3F)CC2)CC1. The molecule has 3 aliphatic rings. The number of methoxy groups -OCH3 is 1. The molecule has 4 rings (SSSR count). The Morgan fingerprint density at radius 3 is 2.27 bits per heavy atom. The van der Waals surface area contributed by atoms with Gasteiger partial charge in [-0.15, -0.1) is 0 Å². The predicted molar refractivity (Wildman–Crippen MR) is 102 cm³/mol. The van der Waals surface area contributed by atoms with Gasteiger partial charge in [0.25, 0.3) is 0 Å². The first-order valence-corrected chi connectivity index (χ1v) is 10.3. The molecule has 0 N–H and O–H groups in total. The first kappa shape index (κ1) is 18.3. The van der Waals surface area contributed by atoms with Crippen molar-refractivity contribution in [3.05, 3.63) is 45.9 Å². The molecule has 1 unspecified atom stereocenters. The lowest BCUT2D eigenvalue weighted by Gasteiger charge is -2.36. The Morgan fingerprint density at radius 1 is 1.04 bits per heavy atom. The van der Waals surface area contributed by atoms with Crippen molar-refractivity contribution in [3.8, 4) is 0 Å². The molecular formula is C22H28ClFO2. The molecule has 26 heavy (non-hydrogen) atoms. The van der Waals surface area contributed by atoms with Crippen LogP contribution in [0, 0.1) is 17.7 Å². The van der Waals surface area contributed by atoms with Crippen molar-refractivity contribution in [2.45, 2.75) is 63.4 Å². The second-order valence-electron chi connectivity index (χ2n) is 8.15. The highest BCUT2D eigenvalue weighted by molar-refractivity contribution is 6.31. The van der Waals surface area contributed by atoms with Gasteiger partial charge in [-0.3, -0.25) is 0 Å². The molecule has 0 spiro atoms. The molecule has 142 valence electrons. The minimum Gasteiger partial charge on any atom is -0.504 e. The summed E-state index contributed by atoms with van der Waals surface area (Å²) in [6.07, 6.45) is 11.4. The molecule has 0 amide bonds. The monoisotopic (exact) mass is 378 g/mol. The van der Waals surface area contributed by atoms with E-state index in [1.807, 2.05) is 18.4 Å². The minimum atomic E-state index is -0.213. The van der Waals surface area contributed by atoms with Crippen LogP contribution in [-0.4, -0.2) is 13.7 Å². The molecule has 1 aromatic rings. The molecule has 1 atom stereocenters. The standard InChI is InChI=1S/C22H28ClFO2/c1-25-12-14-2-4-15(5-3-14)16-6-8-17(9-7-16)18-10-11-19(20-13-26-20)21(23)22(18)24/h10-12,15-17,20H,2-9,13H2,1H3. The van der Waals surface area contributed by atoms with E-state index in [1.165, 1.54) is 44.1 Å². The van der Waals surface area contributed by atoms with Gasteiger partial charge in [-0.1, -0.05) is 23.7 Å². The first-order valence-electron chi connectivity index (χ1n) is 9.97. The average Bonchev–Trinajstić information content (AvgIpc) is 3.50. The molecule has 2 nitrogen and oxygen atoms in total. The molecule has 1 aliphatic heterocycles. The summed E-state index contributed by atoms with van der Waals surface area (Å²) in [4.78, 5) is 0. The van der Waals surface area contributed by atoms with Gasteiger partial charge in [0.05, 0.1) is 25.0 Å². The zero-order valence-electron chi connectivity index (χ0n) is 15.5. The lowest BCUT2D eigenvalue weighted by Crippen LogP contribution is -2.24. The lowest BCUT2D eigenvalue weighted by molar-refractivity contribution is 0.196. The Balaban J connectivity index is 1.35. The summed E-state index contributed by atoms with van der Waals surface area (Å²) >= 11 is 6.27. The van der Waals surface area contributed by atoms with Crippen LogP contribution in [0.5, 0.6) is 0 Å². The van der Waals surface area contributed by atoms with Gasteiger partial charge in [-0.2, -0.15) is 0 Å². The molecule has 1 heterocycles. The van der Waals surface area contributed by atoms with Crippen LogP contribution in [0.15, 0.2) is 24.0 Å². The zero-order valence-corrected chi connectivity index (χ0v) is 16.2. The van der Waals surface area contributed by atoms with E-state index in [-0.39, 0.29) is 16.9 Å². The Kier molecular flexibility index (Phi) is 5.56. The van der Waals surface area contributed by atoms with Gasteiger partial charge in [0.2, 0.25) is 0 Å². The maximum atomic E-state index is 14.8. The van der Waals surface area contributed by atoms with Gasteiger partial charge in [0.1, 0.15) is 11.9 Å². The highest BCUT2D eigenvalue weighted by Crippen LogP contribution is 2.46. The van der Waals surface area contributed by atoms with E-state index in [0.717, 1.165) is 35.8 Å². The second kappa shape index (κ2) is 7.90. The van der Waals surface area contributed by atoms with Crippen LogP contribution in [0.3, 0.4) is 0 Å². The number of halogens is 2. The number of ether oxygens (including phenoxy) is 2. The Hall–Kier alpha value is -1.06. The van der Waals surface area contributed by atoms with Crippen LogP contribution in [-0.2, 0) is 9.47 Å². The molecule has 1 saturated heterocycles. The van der Waals surface area contributed by atoms with Crippen LogP contribution in [0.25, 0.3) is 0 Å². The summed E-state index contributed by atoms with van der Waals surface area (Å²) in [6, 6.07) is 3.92. The highest BCUT2D eigenvalue weighted by Gasteiger charge is 2.33. The first-order chi connectivity index (χ1) is 12.7. The molecule has 0 radical (unpaired) electrons. The van der Waals surface area contributed by atoms with E-state index in [2.05, 4.69) is 0 Å². The van der Waals surface area contributed by atoms with Crippen molar-refractivity contribution in [3.63, 3.8) is 0 Å².